The standard InChI is InChI=1S/C16H13NO3/c18-13-8-4-7-12(9-13)16(11-5-2-1-3-6-11)14(19)10-15(20)17-16/h1-9,18H,10H2,(H,17,20). The van der Waals surface area contributed by atoms with Crippen molar-refractivity contribution in [2.24, 2.45) is 0 Å². The third-order valence-corrected chi connectivity index (χ3v) is 3.55. The molecule has 4 nitrogen and oxygen atoms in total. The molecule has 0 aliphatic carbocycles. The predicted octanol–water partition coefficient (Wildman–Crippen LogP) is 1.72. The van der Waals surface area contributed by atoms with Gasteiger partial charge in [-0.25, -0.2) is 0 Å². The van der Waals surface area contributed by atoms with Gasteiger partial charge >= 0.3 is 0 Å². The van der Waals surface area contributed by atoms with Gasteiger partial charge in [0, 0.05) is 0 Å². The van der Waals surface area contributed by atoms with Gasteiger partial charge < -0.3 is 10.4 Å². The van der Waals surface area contributed by atoms with Crippen LogP contribution in [-0.2, 0) is 15.1 Å². The van der Waals surface area contributed by atoms with Crippen LogP contribution in [0.2, 0.25) is 0 Å². The summed E-state index contributed by atoms with van der Waals surface area (Å²) >= 11 is 0. The van der Waals surface area contributed by atoms with Gasteiger partial charge in [0.1, 0.15) is 5.75 Å². The SMILES string of the molecule is O=C1CC(=O)C(c2ccccc2)(c2cccc(O)c2)N1. The molecule has 0 aromatic heterocycles. The lowest BCUT2D eigenvalue weighted by Gasteiger charge is -2.28. The molecule has 1 amide bonds. The van der Waals surface area contributed by atoms with Gasteiger partial charge in [-0.15, -0.1) is 0 Å². The molecule has 1 unspecified atom stereocenters. The molecule has 0 radical (unpaired) electrons. The van der Waals surface area contributed by atoms with Gasteiger partial charge in [0.15, 0.2) is 11.3 Å². The summed E-state index contributed by atoms with van der Waals surface area (Å²) in [6, 6.07) is 15.5. The molecule has 0 bridgehead atoms. The van der Waals surface area contributed by atoms with E-state index in [9.17, 15) is 14.7 Å². The molecule has 3 rings (SSSR count). The highest BCUT2D eigenvalue weighted by atomic mass is 16.3. The van der Waals surface area contributed by atoms with Crippen LogP contribution in [0.1, 0.15) is 17.5 Å². The van der Waals surface area contributed by atoms with Crippen molar-refractivity contribution >= 4 is 11.7 Å². The van der Waals surface area contributed by atoms with Crippen LogP contribution in [0.25, 0.3) is 0 Å². The molecule has 2 N–H and O–H groups in total. The number of aromatic hydroxyl groups is 1. The Labute approximate surface area is 116 Å². The van der Waals surface area contributed by atoms with E-state index in [1.54, 1.807) is 24.3 Å². The lowest BCUT2D eigenvalue weighted by atomic mass is 9.80. The van der Waals surface area contributed by atoms with E-state index in [4.69, 9.17) is 0 Å². The summed E-state index contributed by atoms with van der Waals surface area (Å²) in [5, 5.41) is 12.4. The lowest BCUT2D eigenvalue weighted by molar-refractivity contribution is -0.122. The monoisotopic (exact) mass is 267 g/mol. The molecule has 0 saturated carbocycles. The number of benzene rings is 2. The van der Waals surface area contributed by atoms with Crippen LogP contribution in [-0.4, -0.2) is 16.8 Å². The van der Waals surface area contributed by atoms with E-state index in [0.717, 1.165) is 0 Å². The number of hydrogen-bond donors (Lipinski definition) is 2. The number of hydrogen-bond acceptors (Lipinski definition) is 3. The largest absolute Gasteiger partial charge is 0.508 e. The third kappa shape index (κ3) is 1.77. The van der Waals surface area contributed by atoms with Crippen LogP contribution in [0.15, 0.2) is 54.6 Å². The number of nitrogens with one attached hydrogen (secondary N) is 1. The minimum absolute atomic E-state index is 0.0618. The third-order valence-electron chi connectivity index (χ3n) is 3.55. The maximum atomic E-state index is 12.5. The zero-order valence-electron chi connectivity index (χ0n) is 10.7. The Morgan fingerprint density at radius 2 is 1.65 bits per heavy atom. The summed E-state index contributed by atoms with van der Waals surface area (Å²) < 4.78 is 0. The van der Waals surface area contributed by atoms with Gasteiger partial charge in [0.05, 0.1) is 6.42 Å². The summed E-state index contributed by atoms with van der Waals surface area (Å²) in [4.78, 5) is 24.2. The van der Waals surface area contributed by atoms with Gasteiger partial charge in [-0.3, -0.25) is 9.59 Å². The van der Waals surface area contributed by atoms with Crippen LogP contribution in [0, 0.1) is 0 Å². The first kappa shape index (κ1) is 12.4. The van der Waals surface area contributed by atoms with Crippen LogP contribution in [0.5, 0.6) is 5.75 Å². The molecule has 2 aromatic rings. The summed E-state index contributed by atoms with van der Waals surface area (Å²) in [6.07, 6.45) is -0.148. The zero-order chi connectivity index (χ0) is 14.2. The first-order chi connectivity index (χ1) is 9.63. The average molecular weight is 267 g/mol. The van der Waals surface area contributed by atoms with E-state index >= 15 is 0 Å². The summed E-state index contributed by atoms with van der Waals surface area (Å²) in [5.74, 6) is -0.451. The van der Waals surface area contributed by atoms with E-state index in [-0.39, 0.29) is 23.9 Å². The molecular weight excluding hydrogens is 254 g/mol. The molecule has 1 saturated heterocycles. The molecule has 1 aliphatic rings. The number of ketones is 1. The van der Waals surface area contributed by atoms with E-state index in [0.29, 0.717) is 11.1 Å². The van der Waals surface area contributed by atoms with Gasteiger partial charge in [0.2, 0.25) is 5.91 Å². The molecule has 2 aromatic carbocycles. The van der Waals surface area contributed by atoms with Crippen LogP contribution >= 0.6 is 0 Å². The lowest BCUT2D eigenvalue weighted by Crippen LogP contribution is -2.44. The van der Waals surface area contributed by atoms with Gasteiger partial charge in [-0.2, -0.15) is 0 Å². The Kier molecular flexibility index (Phi) is 2.79. The molecule has 1 aliphatic heterocycles. The Balaban J connectivity index is 2.24. The quantitative estimate of drug-likeness (QED) is 0.814. The van der Waals surface area contributed by atoms with E-state index in [1.165, 1.54) is 12.1 Å². The number of phenolic OH excluding ortho intramolecular Hbond substituents is 1. The Hall–Kier alpha value is -2.62. The molecule has 1 atom stereocenters. The van der Waals surface area contributed by atoms with Crippen LogP contribution < -0.4 is 5.32 Å². The van der Waals surface area contributed by atoms with Crippen molar-refractivity contribution in [2.75, 3.05) is 0 Å². The van der Waals surface area contributed by atoms with Crippen molar-refractivity contribution in [3.05, 3.63) is 65.7 Å². The van der Waals surface area contributed by atoms with E-state index in [1.807, 2.05) is 18.2 Å². The number of rotatable bonds is 2. The molecule has 100 valence electrons. The topological polar surface area (TPSA) is 66.4 Å². The molecule has 20 heavy (non-hydrogen) atoms. The number of Topliss-reactive ketones (excluding diaryl/α,β-unsaturated/α-hetero) is 1. The van der Waals surface area contributed by atoms with Crippen molar-refractivity contribution in [1.29, 1.82) is 0 Å². The molecule has 1 fully saturated rings. The van der Waals surface area contributed by atoms with Gasteiger partial charge in [-0.05, 0) is 23.3 Å². The van der Waals surface area contributed by atoms with Crippen molar-refractivity contribution in [1.82, 2.24) is 5.32 Å². The average Bonchev–Trinajstić information content (AvgIpc) is 2.75. The fourth-order valence-electron chi connectivity index (χ4n) is 2.66. The number of phenols is 1. The van der Waals surface area contributed by atoms with Crippen molar-refractivity contribution < 1.29 is 14.7 Å². The molecule has 0 spiro atoms. The normalized spacial score (nSPS) is 21.8. The molecule has 1 heterocycles. The fraction of sp³-hybridized carbons (Fsp3) is 0.125. The zero-order valence-corrected chi connectivity index (χ0v) is 10.7. The second-order valence-corrected chi connectivity index (χ2v) is 4.81. The number of amides is 1. The molecular formula is C16H13NO3. The number of carbonyl (C=O) groups is 2. The van der Waals surface area contributed by atoms with Gasteiger partial charge in [-0.1, -0.05) is 42.5 Å². The maximum Gasteiger partial charge on any atom is 0.228 e. The van der Waals surface area contributed by atoms with E-state index in [2.05, 4.69) is 5.32 Å². The second kappa shape index (κ2) is 4.49. The summed E-state index contributed by atoms with van der Waals surface area (Å²) in [6.45, 7) is 0. The van der Waals surface area contributed by atoms with E-state index < -0.39 is 5.54 Å². The first-order valence-electron chi connectivity index (χ1n) is 6.32. The van der Waals surface area contributed by atoms with Crippen LogP contribution in [0.3, 0.4) is 0 Å². The highest BCUT2D eigenvalue weighted by molar-refractivity contribution is 6.12. The summed E-state index contributed by atoms with van der Waals surface area (Å²) in [5.41, 5.74) is 0.0675. The van der Waals surface area contributed by atoms with Gasteiger partial charge in [0.25, 0.3) is 0 Å². The minimum Gasteiger partial charge on any atom is -0.508 e. The Morgan fingerprint density at radius 3 is 2.25 bits per heavy atom. The molecule has 4 heteroatoms. The summed E-state index contributed by atoms with van der Waals surface area (Å²) in [7, 11) is 0. The smallest absolute Gasteiger partial charge is 0.228 e. The Morgan fingerprint density at radius 1 is 0.950 bits per heavy atom. The Bertz CT molecular complexity index is 681. The van der Waals surface area contributed by atoms with Crippen molar-refractivity contribution in [3.8, 4) is 5.75 Å². The maximum absolute atomic E-state index is 12.5. The number of carbonyl (C=O) groups excluding carboxylic acids is 2. The highest BCUT2D eigenvalue weighted by Crippen LogP contribution is 2.36. The second-order valence-electron chi connectivity index (χ2n) is 4.81. The minimum atomic E-state index is -1.20. The highest BCUT2D eigenvalue weighted by Gasteiger charge is 2.48. The van der Waals surface area contributed by atoms with Crippen LogP contribution in [0.4, 0.5) is 0 Å². The first-order valence-corrected chi connectivity index (χ1v) is 6.32. The fourth-order valence-corrected chi connectivity index (χ4v) is 2.66. The van der Waals surface area contributed by atoms with Crippen molar-refractivity contribution in [2.45, 2.75) is 12.0 Å². The van der Waals surface area contributed by atoms with Crippen molar-refractivity contribution in [3.63, 3.8) is 0 Å². The predicted molar refractivity (Wildman–Crippen MR) is 73.1 cm³/mol.